The van der Waals surface area contributed by atoms with Crippen LogP contribution in [-0.2, 0) is 11.2 Å². The molecule has 0 saturated heterocycles. The van der Waals surface area contributed by atoms with Crippen LogP contribution in [0.2, 0.25) is 0 Å². The van der Waals surface area contributed by atoms with E-state index in [2.05, 4.69) is 10.3 Å². The van der Waals surface area contributed by atoms with Gasteiger partial charge in [-0.2, -0.15) is 0 Å². The summed E-state index contributed by atoms with van der Waals surface area (Å²) >= 11 is 0. The Kier molecular flexibility index (Phi) is 8.55. The topological polar surface area (TPSA) is 104 Å². The van der Waals surface area contributed by atoms with Crippen molar-refractivity contribution < 1.29 is 19.4 Å². The highest BCUT2D eigenvalue weighted by atomic mass is 16.5. The number of para-hydroxylation sites is 1. The van der Waals surface area contributed by atoms with Crippen LogP contribution < -0.4 is 10.1 Å². The van der Waals surface area contributed by atoms with Crippen LogP contribution in [0.4, 0.5) is 5.69 Å². The van der Waals surface area contributed by atoms with Gasteiger partial charge in [-0.05, 0) is 36.8 Å². The fourth-order valence-electron chi connectivity index (χ4n) is 4.70. The van der Waals surface area contributed by atoms with Crippen molar-refractivity contribution in [1.82, 2.24) is 9.97 Å². The SMILES string of the molecule is Cc1[nH]c(-c2ccccc2)nc1CCOc1ccc(C(CC(=O)O)Nc2ccccc2C(=O)c2ccccc2)cc1. The molecule has 1 atom stereocenters. The Hall–Kier alpha value is -5.17. The highest BCUT2D eigenvalue weighted by molar-refractivity contribution is 6.12. The van der Waals surface area contributed by atoms with E-state index in [9.17, 15) is 14.7 Å². The zero-order valence-corrected chi connectivity index (χ0v) is 22.7. The molecule has 0 bridgehead atoms. The van der Waals surface area contributed by atoms with Crippen molar-refractivity contribution in [3.8, 4) is 17.1 Å². The van der Waals surface area contributed by atoms with E-state index in [-0.39, 0.29) is 12.2 Å². The Morgan fingerprint density at radius 3 is 2.24 bits per heavy atom. The molecular weight excluding hydrogens is 514 g/mol. The summed E-state index contributed by atoms with van der Waals surface area (Å²) in [7, 11) is 0. The van der Waals surface area contributed by atoms with E-state index in [1.807, 2.05) is 85.8 Å². The minimum absolute atomic E-state index is 0.130. The Balaban J connectivity index is 1.25. The molecular formula is C34H31N3O4. The van der Waals surface area contributed by atoms with Crippen molar-refractivity contribution in [3.63, 3.8) is 0 Å². The number of aromatic amines is 1. The number of carbonyl (C=O) groups excluding carboxylic acids is 1. The first-order valence-corrected chi connectivity index (χ1v) is 13.5. The predicted molar refractivity (Wildman–Crippen MR) is 159 cm³/mol. The van der Waals surface area contributed by atoms with Crippen LogP contribution in [0.5, 0.6) is 5.75 Å². The van der Waals surface area contributed by atoms with Crippen LogP contribution in [0.3, 0.4) is 0 Å². The lowest BCUT2D eigenvalue weighted by atomic mass is 9.99. The van der Waals surface area contributed by atoms with Crippen molar-refractivity contribution in [2.75, 3.05) is 11.9 Å². The molecule has 0 aliphatic heterocycles. The van der Waals surface area contributed by atoms with E-state index in [0.29, 0.717) is 35.6 Å². The van der Waals surface area contributed by atoms with E-state index in [1.165, 1.54) is 0 Å². The van der Waals surface area contributed by atoms with E-state index < -0.39 is 12.0 Å². The van der Waals surface area contributed by atoms with Crippen LogP contribution in [0.1, 0.15) is 45.3 Å². The molecule has 3 N–H and O–H groups in total. The number of carboxylic acid groups (broad SMARTS) is 1. The lowest BCUT2D eigenvalue weighted by Crippen LogP contribution is -2.17. The summed E-state index contributed by atoms with van der Waals surface area (Å²) in [6.45, 7) is 2.45. The zero-order chi connectivity index (χ0) is 28.6. The molecule has 0 fully saturated rings. The van der Waals surface area contributed by atoms with Gasteiger partial charge in [-0.1, -0.05) is 84.9 Å². The molecule has 0 spiro atoms. The smallest absolute Gasteiger partial charge is 0.305 e. The molecule has 0 amide bonds. The number of benzene rings is 4. The fraction of sp³-hybridized carbons (Fsp3) is 0.147. The van der Waals surface area contributed by atoms with Gasteiger partial charge in [0.05, 0.1) is 24.8 Å². The number of aliphatic carboxylic acids is 1. The van der Waals surface area contributed by atoms with Crippen molar-refractivity contribution in [3.05, 3.63) is 137 Å². The van der Waals surface area contributed by atoms with Gasteiger partial charge in [0, 0.05) is 34.5 Å². The number of nitrogens with one attached hydrogen (secondary N) is 2. The molecule has 1 unspecified atom stereocenters. The second-order valence-corrected chi connectivity index (χ2v) is 9.73. The second kappa shape index (κ2) is 12.8. The number of rotatable bonds is 12. The third-order valence-corrected chi connectivity index (χ3v) is 6.84. The summed E-state index contributed by atoms with van der Waals surface area (Å²) in [5, 5.41) is 12.9. The number of H-pyrrole nitrogens is 1. The molecule has 41 heavy (non-hydrogen) atoms. The molecule has 206 valence electrons. The lowest BCUT2D eigenvalue weighted by Gasteiger charge is -2.21. The van der Waals surface area contributed by atoms with Gasteiger partial charge >= 0.3 is 5.97 Å². The predicted octanol–water partition coefficient (Wildman–Crippen LogP) is 6.87. The van der Waals surface area contributed by atoms with E-state index in [4.69, 9.17) is 9.72 Å². The first-order valence-electron chi connectivity index (χ1n) is 13.5. The number of carboxylic acids is 1. The van der Waals surface area contributed by atoms with E-state index in [0.717, 1.165) is 28.3 Å². The van der Waals surface area contributed by atoms with Crippen LogP contribution in [0.25, 0.3) is 11.4 Å². The molecule has 7 heteroatoms. The van der Waals surface area contributed by atoms with Gasteiger partial charge in [0.1, 0.15) is 11.6 Å². The molecule has 5 rings (SSSR count). The summed E-state index contributed by atoms with van der Waals surface area (Å²) in [6.07, 6.45) is 0.489. The molecule has 7 nitrogen and oxygen atoms in total. The van der Waals surface area contributed by atoms with E-state index >= 15 is 0 Å². The van der Waals surface area contributed by atoms with Crippen LogP contribution in [-0.4, -0.2) is 33.4 Å². The number of hydrogen-bond donors (Lipinski definition) is 3. The van der Waals surface area contributed by atoms with E-state index in [1.54, 1.807) is 30.3 Å². The number of aryl methyl sites for hydroxylation is 1. The number of nitrogens with zero attached hydrogens (tertiary/aromatic N) is 1. The number of hydrogen-bond acceptors (Lipinski definition) is 5. The fourth-order valence-corrected chi connectivity index (χ4v) is 4.70. The standard InChI is InChI=1S/C34H31N3O4/c1-23-29(37-34(35-23)26-12-6-3-7-13-26)20-21-41-27-18-16-24(17-19-27)31(22-32(38)39)36-30-15-9-8-14-28(30)33(40)25-10-4-2-5-11-25/h2-19,31,36H,20-22H2,1H3,(H,35,37)(H,38,39). The van der Waals surface area contributed by atoms with Gasteiger partial charge < -0.3 is 20.1 Å². The van der Waals surface area contributed by atoms with Crippen molar-refractivity contribution in [2.24, 2.45) is 0 Å². The normalized spacial score (nSPS) is 11.5. The maximum atomic E-state index is 13.2. The monoisotopic (exact) mass is 545 g/mol. The summed E-state index contributed by atoms with van der Waals surface area (Å²) in [5.41, 5.74) is 5.41. The maximum Gasteiger partial charge on any atom is 0.305 e. The number of anilines is 1. The molecule has 0 aliphatic carbocycles. The Labute approximate surface area is 238 Å². The van der Waals surface area contributed by atoms with Crippen molar-refractivity contribution in [2.45, 2.75) is 25.8 Å². The average Bonchev–Trinajstić information content (AvgIpc) is 3.38. The molecule has 0 aliphatic rings. The quantitative estimate of drug-likeness (QED) is 0.148. The maximum absolute atomic E-state index is 13.2. The lowest BCUT2D eigenvalue weighted by molar-refractivity contribution is -0.137. The van der Waals surface area contributed by atoms with Gasteiger partial charge in [0.2, 0.25) is 0 Å². The Bertz CT molecular complexity index is 1610. The minimum atomic E-state index is -0.945. The van der Waals surface area contributed by atoms with Gasteiger partial charge in [-0.15, -0.1) is 0 Å². The van der Waals surface area contributed by atoms with Crippen molar-refractivity contribution in [1.29, 1.82) is 0 Å². The second-order valence-electron chi connectivity index (χ2n) is 9.73. The van der Waals surface area contributed by atoms with Gasteiger partial charge in [0.25, 0.3) is 0 Å². The van der Waals surface area contributed by atoms with Crippen molar-refractivity contribution >= 4 is 17.4 Å². The number of ketones is 1. The zero-order valence-electron chi connectivity index (χ0n) is 22.7. The largest absolute Gasteiger partial charge is 0.493 e. The molecule has 1 aromatic heterocycles. The third kappa shape index (κ3) is 6.89. The molecule has 1 heterocycles. The highest BCUT2D eigenvalue weighted by Gasteiger charge is 2.20. The first kappa shape index (κ1) is 27.4. The molecule has 0 saturated carbocycles. The third-order valence-electron chi connectivity index (χ3n) is 6.84. The first-order chi connectivity index (χ1) is 20.0. The van der Waals surface area contributed by atoms with Crippen LogP contribution >= 0.6 is 0 Å². The summed E-state index contributed by atoms with van der Waals surface area (Å²) in [4.78, 5) is 33.0. The number of aromatic nitrogens is 2. The summed E-state index contributed by atoms with van der Waals surface area (Å²) in [6, 6.07) is 33.0. The molecule has 4 aromatic carbocycles. The molecule has 0 radical (unpaired) electrons. The highest BCUT2D eigenvalue weighted by Crippen LogP contribution is 2.28. The minimum Gasteiger partial charge on any atom is -0.493 e. The number of ether oxygens (including phenoxy) is 1. The van der Waals surface area contributed by atoms with Crippen LogP contribution in [0, 0.1) is 6.92 Å². The Morgan fingerprint density at radius 1 is 0.878 bits per heavy atom. The van der Waals surface area contributed by atoms with Crippen LogP contribution in [0.15, 0.2) is 109 Å². The average molecular weight is 546 g/mol. The number of carbonyl (C=O) groups is 2. The van der Waals surface area contributed by atoms with Gasteiger partial charge in [-0.25, -0.2) is 4.98 Å². The summed E-state index contributed by atoms with van der Waals surface area (Å²) < 4.78 is 5.98. The molecule has 5 aromatic rings. The van der Waals surface area contributed by atoms with Gasteiger partial charge in [-0.3, -0.25) is 9.59 Å². The number of imidazole rings is 1. The summed E-state index contributed by atoms with van der Waals surface area (Å²) in [5.74, 6) is 0.443. The van der Waals surface area contributed by atoms with Gasteiger partial charge in [0.15, 0.2) is 5.78 Å². The Morgan fingerprint density at radius 2 is 1.54 bits per heavy atom.